The van der Waals surface area contributed by atoms with E-state index in [4.69, 9.17) is 10.5 Å². The molecule has 2 aromatic heterocycles. The molecule has 1 aromatic carbocycles. The summed E-state index contributed by atoms with van der Waals surface area (Å²) in [4.78, 5) is 0. The molecule has 7 heteroatoms. The Morgan fingerprint density at radius 2 is 2.05 bits per heavy atom. The van der Waals surface area contributed by atoms with Crippen LogP contribution in [0, 0.1) is 6.92 Å². The van der Waals surface area contributed by atoms with E-state index in [0.29, 0.717) is 17.4 Å². The van der Waals surface area contributed by atoms with E-state index in [1.165, 1.54) is 4.63 Å². The summed E-state index contributed by atoms with van der Waals surface area (Å²) in [6.07, 6.45) is 0. The van der Waals surface area contributed by atoms with Gasteiger partial charge in [0, 0.05) is 11.8 Å². The van der Waals surface area contributed by atoms with Crippen LogP contribution in [0.15, 0.2) is 24.3 Å². The lowest BCUT2D eigenvalue weighted by Gasteiger charge is -2.15. The highest BCUT2D eigenvalue weighted by Gasteiger charge is 2.12. The molecule has 0 unspecified atom stereocenters. The van der Waals surface area contributed by atoms with Gasteiger partial charge in [-0.25, -0.2) is 0 Å². The zero-order valence-corrected chi connectivity index (χ0v) is 12.1. The molecular formula is C14H16N6O. The van der Waals surface area contributed by atoms with Crippen LogP contribution < -0.4 is 10.5 Å². The van der Waals surface area contributed by atoms with Gasteiger partial charge in [-0.15, -0.1) is 14.8 Å². The van der Waals surface area contributed by atoms with Gasteiger partial charge in [-0.3, -0.25) is 0 Å². The molecule has 0 aliphatic carbocycles. The fourth-order valence-corrected chi connectivity index (χ4v) is 2.06. The first-order valence-electron chi connectivity index (χ1n) is 6.68. The molecule has 0 bridgehead atoms. The monoisotopic (exact) mass is 284 g/mol. The predicted octanol–water partition coefficient (Wildman–Crippen LogP) is 2.33. The number of ether oxygens (including phenoxy) is 1. The summed E-state index contributed by atoms with van der Waals surface area (Å²) >= 11 is 0. The van der Waals surface area contributed by atoms with E-state index >= 15 is 0 Å². The highest BCUT2D eigenvalue weighted by Crippen LogP contribution is 2.33. The SMILES string of the molecule is Cc1cc(Oc2ccc3nnnn3n2)c(C(C)C)cc1N. The van der Waals surface area contributed by atoms with Crippen molar-refractivity contribution in [3.05, 3.63) is 35.4 Å². The number of nitrogen functional groups attached to an aromatic ring is 1. The molecule has 0 saturated carbocycles. The molecule has 0 amide bonds. The predicted molar refractivity (Wildman–Crippen MR) is 78.3 cm³/mol. The zero-order valence-electron chi connectivity index (χ0n) is 12.1. The Morgan fingerprint density at radius 3 is 2.81 bits per heavy atom. The molecule has 0 radical (unpaired) electrons. The summed E-state index contributed by atoms with van der Waals surface area (Å²) in [5.74, 6) is 1.47. The maximum atomic E-state index is 5.98. The number of benzene rings is 1. The Balaban J connectivity index is 2.01. The van der Waals surface area contributed by atoms with Crippen LogP contribution >= 0.6 is 0 Å². The zero-order chi connectivity index (χ0) is 15.0. The number of nitrogens with zero attached hydrogens (tertiary/aromatic N) is 5. The fourth-order valence-electron chi connectivity index (χ4n) is 2.06. The highest BCUT2D eigenvalue weighted by molar-refractivity contribution is 5.55. The van der Waals surface area contributed by atoms with E-state index in [1.54, 1.807) is 12.1 Å². The smallest absolute Gasteiger partial charge is 0.239 e. The van der Waals surface area contributed by atoms with Crippen molar-refractivity contribution in [3.8, 4) is 11.6 Å². The molecule has 3 aromatic rings. The Morgan fingerprint density at radius 1 is 1.24 bits per heavy atom. The number of tetrazole rings is 1. The third-order valence-corrected chi connectivity index (χ3v) is 3.28. The molecular weight excluding hydrogens is 268 g/mol. The van der Waals surface area contributed by atoms with Gasteiger partial charge >= 0.3 is 0 Å². The number of hydrogen-bond donors (Lipinski definition) is 1. The minimum atomic E-state index is 0.291. The second-order valence-corrected chi connectivity index (χ2v) is 5.20. The molecule has 0 fully saturated rings. The molecule has 108 valence electrons. The van der Waals surface area contributed by atoms with E-state index < -0.39 is 0 Å². The lowest BCUT2D eigenvalue weighted by Crippen LogP contribution is -2.01. The van der Waals surface area contributed by atoms with Gasteiger partial charge < -0.3 is 10.5 Å². The first-order chi connectivity index (χ1) is 10.0. The molecule has 2 N–H and O–H groups in total. The summed E-state index contributed by atoms with van der Waals surface area (Å²) in [7, 11) is 0. The average molecular weight is 284 g/mol. The summed E-state index contributed by atoms with van der Waals surface area (Å²) < 4.78 is 7.23. The lowest BCUT2D eigenvalue weighted by molar-refractivity contribution is 0.439. The van der Waals surface area contributed by atoms with Crippen molar-refractivity contribution in [2.45, 2.75) is 26.7 Å². The number of anilines is 1. The average Bonchev–Trinajstić information content (AvgIpc) is 2.89. The Hall–Kier alpha value is -2.70. The first-order valence-corrected chi connectivity index (χ1v) is 6.68. The van der Waals surface area contributed by atoms with Gasteiger partial charge in [0.2, 0.25) is 5.88 Å². The Bertz CT molecular complexity index is 795. The molecule has 0 saturated heterocycles. The van der Waals surface area contributed by atoms with Gasteiger partial charge in [-0.1, -0.05) is 13.8 Å². The number of aromatic nitrogens is 5. The van der Waals surface area contributed by atoms with Crippen LogP contribution in [-0.2, 0) is 0 Å². The van der Waals surface area contributed by atoms with Crippen molar-refractivity contribution in [1.82, 2.24) is 25.3 Å². The van der Waals surface area contributed by atoms with Gasteiger partial charge in [0.15, 0.2) is 5.65 Å². The van der Waals surface area contributed by atoms with Crippen LogP contribution in [0.1, 0.15) is 30.9 Å². The van der Waals surface area contributed by atoms with Gasteiger partial charge in [-0.2, -0.15) is 0 Å². The van der Waals surface area contributed by atoms with Crippen molar-refractivity contribution in [2.24, 2.45) is 0 Å². The van der Waals surface area contributed by atoms with E-state index in [0.717, 1.165) is 22.6 Å². The fraction of sp³-hybridized carbons (Fsp3) is 0.286. The van der Waals surface area contributed by atoms with Crippen LogP contribution in [0.2, 0.25) is 0 Å². The second-order valence-electron chi connectivity index (χ2n) is 5.20. The van der Waals surface area contributed by atoms with Crippen molar-refractivity contribution in [2.75, 3.05) is 5.73 Å². The quantitative estimate of drug-likeness (QED) is 0.742. The summed E-state index contributed by atoms with van der Waals surface area (Å²) in [6, 6.07) is 7.37. The number of rotatable bonds is 3. The van der Waals surface area contributed by atoms with Crippen LogP contribution in [0.5, 0.6) is 11.6 Å². The van der Waals surface area contributed by atoms with Crippen molar-refractivity contribution < 1.29 is 4.74 Å². The van der Waals surface area contributed by atoms with Gasteiger partial charge in [0.1, 0.15) is 5.75 Å². The minimum Gasteiger partial charge on any atom is -0.437 e. The molecule has 21 heavy (non-hydrogen) atoms. The van der Waals surface area contributed by atoms with Gasteiger partial charge in [0.05, 0.1) is 0 Å². The maximum Gasteiger partial charge on any atom is 0.239 e. The van der Waals surface area contributed by atoms with Crippen LogP contribution in [0.3, 0.4) is 0 Å². The number of hydrogen-bond acceptors (Lipinski definition) is 6. The summed E-state index contributed by atoms with van der Waals surface area (Å²) in [5, 5.41) is 15.3. The largest absolute Gasteiger partial charge is 0.437 e. The standard InChI is InChI=1S/C14H16N6O/c1-8(2)10-7-11(15)9(3)6-12(10)21-14-5-4-13-16-18-19-20(13)17-14/h4-8H,15H2,1-3H3. The van der Waals surface area contributed by atoms with E-state index in [2.05, 4.69) is 34.5 Å². The van der Waals surface area contributed by atoms with Crippen molar-refractivity contribution >= 4 is 11.3 Å². The Labute approximate surface area is 121 Å². The lowest BCUT2D eigenvalue weighted by atomic mass is 9.99. The van der Waals surface area contributed by atoms with Crippen molar-refractivity contribution in [3.63, 3.8) is 0 Å². The number of nitrogens with two attached hydrogens (primary N) is 1. The molecule has 3 rings (SSSR count). The van der Waals surface area contributed by atoms with E-state index in [9.17, 15) is 0 Å². The Kier molecular flexibility index (Phi) is 3.17. The highest BCUT2D eigenvalue weighted by atomic mass is 16.5. The molecule has 0 aliphatic rings. The third kappa shape index (κ3) is 2.49. The van der Waals surface area contributed by atoms with Crippen molar-refractivity contribution in [1.29, 1.82) is 0 Å². The van der Waals surface area contributed by atoms with Crippen LogP contribution in [0.4, 0.5) is 5.69 Å². The topological polar surface area (TPSA) is 91.2 Å². The minimum absolute atomic E-state index is 0.291. The van der Waals surface area contributed by atoms with E-state index in [1.807, 2.05) is 19.1 Å². The normalized spacial score (nSPS) is 11.2. The van der Waals surface area contributed by atoms with E-state index in [-0.39, 0.29) is 0 Å². The molecule has 0 aliphatic heterocycles. The number of aryl methyl sites for hydroxylation is 1. The molecule has 0 atom stereocenters. The van der Waals surface area contributed by atoms with Crippen LogP contribution in [-0.4, -0.2) is 25.3 Å². The second kappa shape index (κ2) is 5.01. The van der Waals surface area contributed by atoms with Crippen LogP contribution in [0.25, 0.3) is 5.65 Å². The summed E-state index contributed by atoms with van der Waals surface area (Å²) in [6.45, 7) is 6.13. The maximum absolute atomic E-state index is 5.98. The third-order valence-electron chi connectivity index (χ3n) is 3.28. The molecule has 2 heterocycles. The first kappa shape index (κ1) is 13.3. The molecule has 0 spiro atoms. The van der Waals surface area contributed by atoms with Gasteiger partial charge in [-0.05, 0) is 52.6 Å². The van der Waals surface area contributed by atoms with Gasteiger partial charge in [0.25, 0.3) is 0 Å². The number of fused-ring (bicyclic) bond motifs is 1. The molecule has 7 nitrogen and oxygen atoms in total. The summed E-state index contributed by atoms with van der Waals surface area (Å²) in [5.41, 5.74) is 9.32.